The van der Waals surface area contributed by atoms with Gasteiger partial charge in [-0.05, 0) is 44.5 Å². The molecule has 0 unspecified atom stereocenters. The molecular weight excluding hydrogens is 360 g/mol. The summed E-state index contributed by atoms with van der Waals surface area (Å²) in [4.78, 5) is 34.6. The largest absolute Gasteiger partial charge is 0.322 e. The summed E-state index contributed by atoms with van der Waals surface area (Å²) >= 11 is 0. The van der Waals surface area contributed by atoms with Crippen LogP contribution in [0, 0.1) is 17.0 Å². The Hall–Kier alpha value is -3.81. The first kappa shape index (κ1) is 20.5. The molecule has 0 radical (unpaired) electrons. The molecule has 8 heteroatoms. The van der Waals surface area contributed by atoms with E-state index in [-0.39, 0.29) is 22.7 Å². The predicted octanol–water partition coefficient (Wildman–Crippen LogP) is 3.57. The summed E-state index contributed by atoms with van der Waals surface area (Å²) in [6.07, 6.45) is 0. The van der Waals surface area contributed by atoms with Crippen LogP contribution in [0.1, 0.15) is 35.3 Å². The van der Waals surface area contributed by atoms with E-state index >= 15 is 0 Å². The molecule has 8 nitrogen and oxygen atoms in total. The minimum atomic E-state index is -0.549. The third kappa shape index (κ3) is 4.88. The average molecular weight is 380 g/mol. The lowest BCUT2D eigenvalue weighted by Gasteiger charge is -2.08. The van der Waals surface area contributed by atoms with E-state index in [2.05, 4.69) is 22.4 Å². The van der Waals surface area contributed by atoms with Crippen LogP contribution in [0.5, 0.6) is 0 Å². The number of carbonyl (C=O) groups is 2. The number of nitro groups is 1. The molecule has 2 N–H and O–H groups in total. The predicted molar refractivity (Wildman–Crippen MR) is 107 cm³/mol. The molecule has 0 aliphatic heterocycles. The van der Waals surface area contributed by atoms with Crippen molar-refractivity contribution in [3.63, 3.8) is 0 Å². The standard InChI is InChI=1S/C20H20N4O4/c1-12(2)19(25)21-16-8-5-7-15(11-16)14(4)22-23-20(26)17-9-6-10-18(13(17)3)24(27)28/h5-11H,1H2,2-4H3,(H,21,25)(H,23,26). The monoisotopic (exact) mass is 380 g/mol. The summed E-state index contributed by atoms with van der Waals surface area (Å²) < 4.78 is 0. The van der Waals surface area contributed by atoms with Gasteiger partial charge in [0.1, 0.15) is 0 Å². The first-order chi connectivity index (χ1) is 13.2. The van der Waals surface area contributed by atoms with E-state index in [0.717, 1.165) is 0 Å². The molecule has 0 aromatic heterocycles. The molecule has 0 saturated heterocycles. The van der Waals surface area contributed by atoms with Gasteiger partial charge < -0.3 is 5.32 Å². The highest BCUT2D eigenvalue weighted by molar-refractivity contribution is 6.05. The highest BCUT2D eigenvalue weighted by atomic mass is 16.6. The number of nitro benzene ring substituents is 1. The van der Waals surface area contributed by atoms with Crippen molar-refractivity contribution in [2.24, 2.45) is 5.10 Å². The average Bonchev–Trinajstić information content (AvgIpc) is 2.65. The van der Waals surface area contributed by atoms with Crippen LogP contribution in [0.3, 0.4) is 0 Å². The second-order valence-electron chi connectivity index (χ2n) is 6.16. The van der Waals surface area contributed by atoms with Crippen LogP contribution < -0.4 is 10.7 Å². The Morgan fingerprint density at radius 2 is 1.82 bits per heavy atom. The lowest BCUT2D eigenvalue weighted by atomic mass is 10.1. The highest BCUT2D eigenvalue weighted by Crippen LogP contribution is 2.21. The minimum absolute atomic E-state index is 0.130. The van der Waals surface area contributed by atoms with E-state index in [1.54, 1.807) is 38.1 Å². The second-order valence-corrected chi connectivity index (χ2v) is 6.16. The van der Waals surface area contributed by atoms with Gasteiger partial charge in [0.2, 0.25) is 0 Å². The topological polar surface area (TPSA) is 114 Å². The molecule has 0 atom stereocenters. The molecular formula is C20H20N4O4. The van der Waals surface area contributed by atoms with Gasteiger partial charge in [0.25, 0.3) is 17.5 Å². The Balaban J connectivity index is 2.18. The molecule has 0 saturated carbocycles. The molecule has 2 aromatic carbocycles. The van der Waals surface area contributed by atoms with Crippen molar-refractivity contribution in [1.29, 1.82) is 0 Å². The van der Waals surface area contributed by atoms with Crippen LogP contribution in [0.4, 0.5) is 11.4 Å². The number of hydrogen-bond acceptors (Lipinski definition) is 5. The number of rotatable bonds is 6. The Morgan fingerprint density at radius 3 is 2.46 bits per heavy atom. The Bertz CT molecular complexity index is 995. The van der Waals surface area contributed by atoms with Gasteiger partial charge >= 0.3 is 0 Å². The van der Waals surface area contributed by atoms with E-state index in [9.17, 15) is 19.7 Å². The van der Waals surface area contributed by atoms with Crippen LogP contribution in [-0.4, -0.2) is 22.4 Å². The van der Waals surface area contributed by atoms with Gasteiger partial charge in [-0.25, -0.2) is 5.43 Å². The zero-order valence-corrected chi connectivity index (χ0v) is 15.8. The summed E-state index contributed by atoms with van der Waals surface area (Å²) in [6.45, 7) is 8.40. The van der Waals surface area contributed by atoms with Crippen molar-refractivity contribution in [2.45, 2.75) is 20.8 Å². The van der Waals surface area contributed by atoms with E-state index in [0.29, 0.717) is 22.5 Å². The number of nitrogens with one attached hydrogen (secondary N) is 2. The van der Waals surface area contributed by atoms with Crippen LogP contribution in [0.25, 0.3) is 0 Å². The fourth-order valence-electron chi connectivity index (χ4n) is 2.39. The lowest BCUT2D eigenvalue weighted by Crippen LogP contribution is -2.20. The number of nitrogens with zero attached hydrogens (tertiary/aromatic N) is 2. The minimum Gasteiger partial charge on any atom is -0.322 e. The molecule has 0 heterocycles. The molecule has 0 aliphatic carbocycles. The first-order valence-electron chi connectivity index (χ1n) is 8.36. The van der Waals surface area contributed by atoms with Gasteiger partial charge in [-0.1, -0.05) is 24.8 Å². The number of anilines is 1. The van der Waals surface area contributed by atoms with E-state index in [1.165, 1.54) is 25.1 Å². The number of amides is 2. The molecule has 0 spiro atoms. The van der Waals surface area contributed by atoms with E-state index < -0.39 is 10.8 Å². The Labute approximate surface area is 162 Å². The third-order valence-electron chi connectivity index (χ3n) is 4.00. The number of carbonyl (C=O) groups excluding carboxylic acids is 2. The molecule has 0 aliphatic rings. The van der Waals surface area contributed by atoms with Crippen LogP contribution >= 0.6 is 0 Å². The van der Waals surface area contributed by atoms with Gasteiger partial charge in [0.15, 0.2) is 0 Å². The quantitative estimate of drug-likeness (QED) is 0.345. The zero-order chi connectivity index (χ0) is 20.8. The van der Waals surface area contributed by atoms with Gasteiger partial charge in [0.05, 0.1) is 16.2 Å². The third-order valence-corrected chi connectivity index (χ3v) is 4.00. The number of hydrogen-bond donors (Lipinski definition) is 2. The Kier molecular flexibility index (Phi) is 6.38. The molecule has 2 aromatic rings. The lowest BCUT2D eigenvalue weighted by molar-refractivity contribution is -0.385. The molecule has 0 bridgehead atoms. The van der Waals surface area contributed by atoms with Gasteiger partial charge in [-0.3, -0.25) is 19.7 Å². The van der Waals surface area contributed by atoms with Gasteiger partial charge in [-0.2, -0.15) is 5.10 Å². The van der Waals surface area contributed by atoms with Crippen molar-refractivity contribution in [3.8, 4) is 0 Å². The van der Waals surface area contributed by atoms with Crippen LogP contribution in [-0.2, 0) is 4.79 Å². The summed E-state index contributed by atoms with van der Waals surface area (Å²) in [5.41, 5.74) is 4.87. The smallest absolute Gasteiger partial charge is 0.273 e. The van der Waals surface area contributed by atoms with Crippen molar-refractivity contribution in [1.82, 2.24) is 5.43 Å². The zero-order valence-electron chi connectivity index (χ0n) is 15.8. The number of benzene rings is 2. The summed E-state index contributed by atoms with van der Waals surface area (Å²) in [6, 6.07) is 11.2. The molecule has 144 valence electrons. The van der Waals surface area contributed by atoms with Crippen LogP contribution in [0.2, 0.25) is 0 Å². The number of hydrazone groups is 1. The van der Waals surface area contributed by atoms with Crippen molar-refractivity contribution in [2.75, 3.05) is 5.32 Å². The fraction of sp³-hybridized carbons (Fsp3) is 0.150. The maximum absolute atomic E-state index is 12.4. The van der Waals surface area contributed by atoms with Crippen LogP contribution in [0.15, 0.2) is 59.7 Å². The van der Waals surface area contributed by atoms with E-state index in [1.807, 2.05) is 0 Å². The van der Waals surface area contributed by atoms with Crippen molar-refractivity contribution in [3.05, 3.63) is 81.4 Å². The maximum Gasteiger partial charge on any atom is 0.273 e. The van der Waals surface area contributed by atoms with E-state index in [4.69, 9.17) is 0 Å². The van der Waals surface area contributed by atoms with Gasteiger partial charge in [0, 0.05) is 22.9 Å². The summed E-state index contributed by atoms with van der Waals surface area (Å²) in [5, 5.41) is 17.8. The van der Waals surface area contributed by atoms with Crippen molar-refractivity contribution < 1.29 is 14.5 Å². The van der Waals surface area contributed by atoms with Crippen molar-refractivity contribution >= 4 is 28.9 Å². The first-order valence-corrected chi connectivity index (χ1v) is 8.36. The Morgan fingerprint density at radius 1 is 1.14 bits per heavy atom. The second kappa shape index (κ2) is 8.72. The highest BCUT2D eigenvalue weighted by Gasteiger charge is 2.17. The maximum atomic E-state index is 12.4. The summed E-state index contributed by atoms with van der Waals surface area (Å²) in [5.74, 6) is -0.839. The molecule has 2 amide bonds. The summed E-state index contributed by atoms with van der Waals surface area (Å²) in [7, 11) is 0. The SMILES string of the molecule is C=C(C)C(=O)Nc1cccc(C(C)=NNC(=O)c2cccc([N+](=O)[O-])c2C)c1. The fourth-order valence-corrected chi connectivity index (χ4v) is 2.39. The molecule has 0 fully saturated rings. The molecule has 28 heavy (non-hydrogen) atoms. The molecule has 2 rings (SSSR count). The van der Waals surface area contributed by atoms with Gasteiger partial charge in [-0.15, -0.1) is 0 Å². The normalized spacial score (nSPS) is 10.9.